The summed E-state index contributed by atoms with van der Waals surface area (Å²) in [5.74, 6) is -2.48. The van der Waals surface area contributed by atoms with Crippen LogP contribution in [0.1, 0.15) is 24.0 Å². The smallest absolute Gasteiger partial charge is 0.228 e. The van der Waals surface area contributed by atoms with Gasteiger partial charge in [-0.1, -0.05) is 24.3 Å². The molecule has 4 rings (SSSR count). The maximum absolute atomic E-state index is 12.9. The molecule has 4 unspecified atom stereocenters. The lowest BCUT2D eigenvalue weighted by atomic mass is 9.82. The van der Waals surface area contributed by atoms with Crippen LogP contribution in [0.4, 0.5) is 5.69 Å². The van der Waals surface area contributed by atoms with Crippen molar-refractivity contribution in [1.82, 2.24) is 0 Å². The summed E-state index contributed by atoms with van der Waals surface area (Å²) in [6.45, 7) is 3.96. The molecular weight excluding hydrogens is 290 g/mol. The zero-order chi connectivity index (χ0) is 16.4. The van der Waals surface area contributed by atoms with Gasteiger partial charge in [0.25, 0.3) is 0 Å². The van der Waals surface area contributed by atoms with Crippen LogP contribution in [-0.2, 0) is 9.59 Å². The maximum Gasteiger partial charge on any atom is 0.228 e. The molecule has 4 atom stereocenters. The van der Waals surface area contributed by atoms with Gasteiger partial charge in [-0.15, -0.1) is 0 Å². The molecule has 2 bridgehead atoms. The number of rotatable bonds is 3. The van der Waals surface area contributed by atoms with Crippen LogP contribution in [0.25, 0.3) is 0 Å². The number of carbonyl (C=O) groups is 2. The molecule has 4 nitrogen and oxygen atoms in total. The van der Waals surface area contributed by atoms with Crippen LogP contribution in [0.15, 0.2) is 30.4 Å². The van der Waals surface area contributed by atoms with Crippen LogP contribution < -0.4 is 10.4 Å². The summed E-state index contributed by atoms with van der Waals surface area (Å²) in [4.78, 5) is 24.5. The van der Waals surface area contributed by atoms with Crippen LogP contribution in [0.2, 0.25) is 0 Å². The Morgan fingerprint density at radius 1 is 1.13 bits per heavy atom. The van der Waals surface area contributed by atoms with E-state index in [1.54, 1.807) is 0 Å². The lowest BCUT2D eigenvalue weighted by Crippen LogP contribution is -2.43. The van der Waals surface area contributed by atoms with E-state index in [1.165, 1.54) is 0 Å². The van der Waals surface area contributed by atoms with Gasteiger partial charge in [0.05, 0.1) is 5.92 Å². The number of aryl methyl sites for hydroxylation is 1. The highest BCUT2D eigenvalue weighted by molar-refractivity contribution is 5.97. The molecule has 1 N–H and O–H groups in total. The van der Waals surface area contributed by atoms with Gasteiger partial charge in [-0.05, 0) is 61.1 Å². The Bertz CT molecular complexity index is 732. The average Bonchev–Trinajstić information content (AvgIpc) is 3.17. The molecule has 0 heterocycles. The lowest BCUT2D eigenvalue weighted by Gasteiger charge is -2.28. The van der Waals surface area contributed by atoms with Gasteiger partial charge in [-0.2, -0.15) is 0 Å². The van der Waals surface area contributed by atoms with E-state index in [-0.39, 0.29) is 23.2 Å². The summed E-state index contributed by atoms with van der Waals surface area (Å²) in [5.41, 5.74) is 2.91. The van der Waals surface area contributed by atoms with Crippen molar-refractivity contribution in [2.75, 3.05) is 5.32 Å². The third-order valence-electron chi connectivity index (χ3n) is 6.28. The van der Waals surface area contributed by atoms with Crippen LogP contribution in [0.3, 0.4) is 0 Å². The first-order valence-electron chi connectivity index (χ1n) is 8.22. The van der Waals surface area contributed by atoms with Gasteiger partial charge in [0, 0.05) is 17.6 Å². The number of benzene rings is 1. The number of carboxylic acid groups (broad SMARTS) is 1. The van der Waals surface area contributed by atoms with Crippen molar-refractivity contribution in [2.45, 2.75) is 26.7 Å². The third kappa shape index (κ3) is 1.90. The quantitative estimate of drug-likeness (QED) is 0.866. The number of hydrogen-bond donors (Lipinski definition) is 1. The molecule has 1 amide bonds. The Kier molecular flexibility index (Phi) is 2.96. The van der Waals surface area contributed by atoms with Crippen molar-refractivity contribution in [3.63, 3.8) is 0 Å². The second-order valence-corrected chi connectivity index (χ2v) is 7.28. The summed E-state index contributed by atoms with van der Waals surface area (Å²) >= 11 is 0. The fourth-order valence-corrected chi connectivity index (χ4v) is 4.78. The molecule has 0 radical (unpaired) electrons. The zero-order valence-corrected chi connectivity index (χ0v) is 13.3. The number of allylic oxidation sites excluding steroid dienone is 2. The van der Waals surface area contributed by atoms with Crippen molar-refractivity contribution in [3.8, 4) is 0 Å². The Morgan fingerprint density at radius 2 is 1.78 bits per heavy atom. The van der Waals surface area contributed by atoms with Gasteiger partial charge in [0.15, 0.2) is 0 Å². The van der Waals surface area contributed by atoms with Crippen LogP contribution >= 0.6 is 0 Å². The fourth-order valence-electron chi connectivity index (χ4n) is 4.78. The average molecular weight is 310 g/mol. The van der Waals surface area contributed by atoms with Gasteiger partial charge in [0.1, 0.15) is 0 Å². The van der Waals surface area contributed by atoms with Crippen LogP contribution in [0, 0.1) is 42.9 Å². The standard InChI is InChI=1S/C19H21NO3/c1-10-4-3-5-14(11(10)2)20-17(21)15-12-6-7-13(16(15)18(22)23)19(12)8-9-19/h3-7,12-13,15-16H,8-9H2,1-2H3,(H,20,21)(H,22,23)/p-1. The largest absolute Gasteiger partial charge is 0.550 e. The molecular formula is C19H20NO3-. The number of carbonyl (C=O) groups excluding carboxylic acids is 2. The normalized spacial score (nSPS) is 32.3. The number of nitrogens with one attached hydrogen (secondary N) is 1. The number of hydrogen-bond acceptors (Lipinski definition) is 3. The van der Waals surface area contributed by atoms with Gasteiger partial charge in [-0.3, -0.25) is 4.79 Å². The van der Waals surface area contributed by atoms with E-state index in [9.17, 15) is 14.7 Å². The van der Waals surface area contributed by atoms with Gasteiger partial charge in [-0.25, -0.2) is 0 Å². The molecule has 3 aliphatic carbocycles. The van der Waals surface area contributed by atoms with E-state index in [4.69, 9.17) is 0 Å². The molecule has 3 aliphatic rings. The van der Waals surface area contributed by atoms with Crippen molar-refractivity contribution in [1.29, 1.82) is 0 Å². The number of amides is 1. The van der Waals surface area contributed by atoms with Gasteiger partial charge in [0.2, 0.25) is 5.91 Å². The molecule has 0 aliphatic heterocycles. The summed E-state index contributed by atoms with van der Waals surface area (Å²) < 4.78 is 0. The third-order valence-corrected chi connectivity index (χ3v) is 6.28. The zero-order valence-electron chi connectivity index (χ0n) is 13.3. The fraction of sp³-hybridized carbons (Fsp3) is 0.474. The number of anilines is 1. The van der Waals surface area contributed by atoms with Crippen molar-refractivity contribution in [3.05, 3.63) is 41.5 Å². The minimum Gasteiger partial charge on any atom is -0.550 e. The predicted octanol–water partition coefficient (Wildman–Crippen LogP) is 1.82. The van der Waals surface area contributed by atoms with E-state index in [2.05, 4.69) is 11.4 Å². The maximum atomic E-state index is 12.9. The highest BCUT2D eigenvalue weighted by Crippen LogP contribution is 2.71. The first-order chi connectivity index (χ1) is 11.0. The van der Waals surface area contributed by atoms with Gasteiger partial charge >= 0.3 is 0 Å². The van der Waals surface area contributed by atoms with Crippen molar-refractivity contribution in [2.24, 2.45) is 29.1 Å². The van der Waals surface area contributed by atoms with E-state index in [1.807, 2.05) is 38.1 Å². The second-order valence-electron chi connectivity index (χ2n) is 7.28. The highest BCUT2D eigenvalue weighted by atomic mass is 16.4. The summed E-state index contributed by atoms with van der Waals surface area (Å²) in [6.07, 6.45) is 6.10. The highest BCUT2D eigenvalue weighted by Gasteiger charge is 2.68. The topological polar surface area (TPSA) is 69.2 Å². The second kappa shape index (κ2) is 4.70. The number of carboxylic acids is 1. The molecule has 4 heteroatoms. The first kappa shape index (κ1) is 14.5. The molecule has 2 fully saturated rings. The summed E-state index contributed by atoms with van der Waals surface area (Å²) in [7, 11) is 0. The molecule has 1 aromatic rings. The van der Waals surface area contributed by atoms with Crippen molar-refractivity contribution < 1.29 is 14.7 Å². The van der Waals surface area contributed by atoms with E-state index in [0.717, 1.165) is 29.7 Å². The molecule has 0 saturated heterocycles. The first-order valence-corrected chi connectivity index (χ1v) is 8.22. The molecule has 120 valence electrons. The summed E-state index contributed by atoms with van der Waals surface area (Å²) in [6, 6.07) is 5.76. The monoisotopic (exact) mass is 310 g/mol. The Balaban J connectivity index is 1.64. The summed E-state index contributed by atoms with van der Waals surface area (Å²) in [5, 5.41) is 14.6. The lowest BCUT2D eigenvalue weighted by molar-refractivity contribution is -0.313. The number of aliphatic carboxylic acids is 1. The molecule has 0 aromatic heterocycles. The van der Waals surface area contributed by atoms with Crippen LogP contribution in [-0.4, -0.2) is 11.9 Å². The van der Waals surface area contributed by atoms with Crippen LogP contribution in [0.5, 0.6) is 0 Å². The van der Waals surface area contributed by atoms with Crippen molar-refractivity contribution >= 4 is 17.6 Å². The Morgan fingerprint density at radius 3 is 2.39 bits per heavy atom. The van der Waals surface area contributed by atoms with E-state index >= 15 is 0 Å². The molecule has 2 saturated carbocycles. The molecule has 1 aromatic carbocycles. The molecule has 23 heavy (non-hydrogen) atoms. The Labute approximate surface area is 135 Å². The van der Waals surface area contributed by atoms with E-state index in [0.29, 0.717) is 0 Å². The van der Waals surface area contributed by atoms with E-state index < -0.39 is 17.8 Å². The molecule has 1 spiro atoms. The SMILES string of the molecule is Cc1cccc(NC(=O)C2C(C(=O)[O-])C3C=CC2C32CC2)c1C. The minimum atomic E-state index is -1.09. The predicted molar refractivity (Wildman–Crippen MR) is 84.3 cm³/mol. The minimum absolute atomic E-state index is 0.0222. The van der Waals surface area contributed by atoms with Gasteiger partial charge < -0.3 is 15.2 Å². The Hall–Kier alpha value is -2.10.